The number of nitrogens with one attached hydrogen (secondary N) is 2. The van der Waals surface area contributed by atoms with Crippen LogP contribution in [0.1, 0.15) is 64.9 Å². The molecular weight excluding hydrogens is 528 g/mol. The molecule has 0 aromatic heterocycles. The van der Waals surface area contributed by atoms with Crippen molar-refractivity contribution in [3.05, 3.63) is 75.6 Å². The Morgan fingerprint density at radius 3 is 2.08 bits per heavy atom. The summed E-state index contributed by atoms with van der Waals surface area (Å²) in [7, 11) is 1.49. The third-order valence-corrected chi connectivity index (χ3v) is 7.99. The molecule has 2 aromatic carbocycles. The highest BCUT2D eigenvalue weighted by molar-refractivity contribution is 6.32. The number of carbonyl (C=O) groups is 3. The van der Waals surface area contributed by atoms with Crippen molar-refractivity contribution in [2.75, 3.05) is 19.0 Å². The van der Waals surface area contributed by atoms with E-state index in [1.165, 1.54) is 7.11 Å². The third kappa shape index (κ3) is 5.52. The molecule has 40 heavy (non-hydrogen) atoms. The molecule has 8 heteroatoms. The topological polar surface area (TPSA) is 93.7 Å². The summed E-state index contributed by atoms with van der Waals surface area (Å²) in [4.78, 5) is 39.7. The zero-order chi connectivity index (χ0) is 28.8. The van der Waals surface area contributed by atoms with E-state index in [0.29, 0.717) is 53.8 Å². The molecule has 3 aliphatic rings. The summed E-state index contributed by atoms with van der Waals surface area (Å²) in [5.41, 5.74) is 3.97. The molecule has 2 N–H and O–H groups in total. The molecule has 1 aliphatic heterocycles. The number of dihydropyridines is 1. The van der Waals surface area contributed by atoms with Gasteiger partial charge in [0.25, 0.3) is 5.91 Å². The smallest absolute Gasteiger partial charge is 0.262 e. The maximum Gasteiger partial charge on any atom is 0.262 e. The van der Waals surface area contributed by atoms with E-state index in [9.17, 15) is 14.4 Å². The number of rotatable bonds is 6. The number of hydrogen-bond acceptors (Lipinski definition) is 6. The standard InChI is InChI=1S/C32H35ClN2O5/c1-31(2)13-21-28(23(36)15-31)27(29-22(35-21)14-32(3,4)16-24(29)37)18-11-20(33)30(25(12-18)39-5)40-17-26(38)34-19-9-7-6-8-10-19/h6-12,27,35H,13-17H2,1-5H3,(H,34,38). The quantitative estimate of drug-likeness (QED) is 0.427. The molecule has 2 aromatic rings. The van der Waals surface area contributed by atoms with E-state index in [-0.39, 0.29) is 45.7 Å². The summed E-state index contributed by atoms with van der Waals surface area (Å²) >= 11 is 6.74. The van der Waals surface area contributed by atoms with Gasteiger partial charge in [0.15, 0.2) is 29.7 Å². The average Bonchev–Trinajstić information content (AvgIpc) is 2.85. The number of Topliss-reactive ketones (excluding diaryl/α,β-unsaturated/α-hetero) is 2. The van der Waals surface area contributed by atoms with Crippen LogP contribution < -0.4 is 20.1 Å². The van der Waals surface area contributed by atoms with Crippen LogP contribution in [0.4, 0.5) is 5.69 Å². The molecule has 0 saturated heterocycles. The largest absolute Gasteiger partial charge is 0.493 e. The Kier molecular flexibility index (Phi) is 7.29. The minimum atomic E-state index is -0.555. The van der Waals surface area contributed by atoms with Crippen LogP contribution in [0.15, 0.2) is 65.0 Å². The Hall–Kier alpha value is -3.58. The van der Waals surface area contributed by atoms with Gasteiger partial charge in [-0.3, -0.25) is 14.4 Å². The van der Waals surface area contributed by atoms with Crippen LogP contribution in [0, 0.1) is 10.8 Å². The van der Waals surface area contributed by atoms with E-state index in [4.69, 9.17) is 21.1 Å². The van der Waals surface area contributed by atoms with Crippen molar-refractivity contribution in [3.8, 4) is 11.5 Å². The molecule has 1 amide bonds. The van der Waals surface area contributed by atoms with Gasteiger partial charge in [0.2, 0.25) is 0 Å². The van der Waals surface area contributed by atoms with E-state index < -0.39 is 5.92 Å². The Bertz CT molecular complexity index is 1400. The maximum absolute atomic E-state index is 13.6. The summed E-state index contributed by atoms with van der Waals surface area (Å²) in [6, 6.07) is 12.6. The van der Waals surface area contributed by atoms with Crippen LogP contribution in [0.5, 0.6) is 11.5 Å². The lowest BCUT2D eigenvalue weighted by atomic mass is 9.64. The lowest BCUT2D eigenvalue weighted by molar-refractivity contribution is -0.119. The number of amides is 1. The van der Waals surface area contributed by atoms with Crippen LogP contribution in [0.2, 0.25) is 5.02 Å². The molecule has 2 aliphatic carbocycles. The molecule has 0 saturated carbocycles. The van der Waals surface area contributed by atoms with Crippen LogP contribution in [-0.4, -0.2) is 31.2 Å². The molecule has 0 fully saturated rings. The third-order valence-electron chi connectivity index (χ3n) is 7.71. The second-order valence-electron chi connectivity index (χ2n) is 12.5. The van der Waals surface area contributed by atoms with E-state index in [0.717, 1.165) is 11.4 Å². The van der Waals surface area contributed by atoms with Crippen LogP contribution >= 0.6 is 11.6 Å². The molecule has 5 rings (SSSR count). The SMILES string of the molecule is COc1cc(C2C3=C(CC(C)(C)CC3=O)NC3=C2C(=O)CC(C)(C)C3)cc(Cl)c1OCC(=O)Nc1ccccc1. The van der Waals surface area contributed by atoms with Crippen molar-refractivity contribution in [2.45, 2.75) is 59.3 Å². The van der Waals surface area contributed by atoms with Gasteiger partial charge in [-0.2, -0.15) is 0 Å². The van der Waals surface area contributed by atoms with Gasteiger partial charge in [-0.25, -0.2) is 0 Å². The normalized spacial score (nSPS) is 19.9. The number of anilines is 1. The van der Waals surface area contributed by atoms with Gasteiger partial charge in [0.05, 0.1) is 12.1 Å². The molecule has 1 heterocycles. The molecular formula is C32H35ClN2O5. The summed E-state index contributed by atoms with van der Waals surface area (Å²) < 4.78 is 11.4. The first-order valence-electron chi connectivity index (χ1n) is 13.5. The van der Waals surface area contributed by atoms with Gasteiger partial charge in [0.1, 0.15) is 0 Å². The van der Waals surface area contributed by atoms with E-state index >= 15 is 0 Å². The van der Waals surface area contributed by atoms with Crippen LogP contribution in [0.3, 0.4) is 0 Å². The number of ketones is 2. The lowest BCUT2D eigenvalue weighted by Crippen LogP contribution is -2.42. The van der Waals surface area contributed by atoms with Crippen molar-refractivity contribution in [3.63, 3.8) is 0 Å². The second kappa shape index (κ2) is 10.4. The first-order chi connectivity index (χ1) is 18.9. The molecule has 0 unspecified atom stereocenters. The lowest BCUT2D eigenvalue weighted by Gasteiger charge is -2.44. The Morgan fingerprint density at radius 1 is 0.950 bits per heavy atom. The number of benzene rings is 2. The molecule has 7 nitrogen and oxygen atoms in total. The number of methoxy groups -OCH3 is 1. The Balaban J connectivity index is 1.52. The first kappa shape index (κ1) is 28.0. The highest BCUT2D eigenvalue weighted by Crippen LogP contribution is 2.52. The van der Waals surface area contributed by atoms with E-state index in [1.54, 1.807) is 24.3 Å². The van der Waals surface area contributed by atoms with Crippen LogP contribution in [-0.2, 0) is 14.4 Å². The Labute approximate surface area is 240 Å². The fourth-order valence-electron chi connectivity index (χ4n) is 6.12. The van der Waals surface area contributed by atoms with Crippen molar-refractivity contribution in [2.24, 2.45) is 10.8 Å². The van der Waals surface area contributed by atoms with E-state index in [2.05, 4.69) is 38.3 Å². The molecule has 0 bridgehead atoms. The van der Waals surface area contributed by atoms with E-state index in [1.807, 2.05) is 18.2 Å². The summed E-state index contributed by atoms with van der Waals surface area (Å²) in [5.74, 6) is -0.296. The number of allylic oxidation sites excluding steroid dienone is 4. The summed E-state index contributed by atoms with van der Waals surface area (Å²) in [6.07, 6.45) is 2.21. The van der Waals surface area contributed by atoms with Crippen molar-refractivity contribution in [1.29, 1.82) is 0 Å². The number of halogens is 1. The van der Waals surface area contributed by atoms with Gasteiger partial charge in [0, 0.05) is 47.0 Å². The zero-order valence-electron chi connectivity index (χ0n) is 23.6. The monoisotopic (exact) mass is 562 g/mol. The Morgan fingerprint density at radius 2 is 1.52 bits per heavy atom. The van der Waals surface area contributed by atoms with Gasteiger partial charge in [-0.05, 0) is 53.5 Å². The number of hydrogen-bond donors (Lipinski definition) is 2. The molecule has 0 atom stereocenters. The highest BCUT2D eigenvalue weighted by atomic mass is 35.5. The van der Waals surface area contributed by atoms with Crippen molar-refractivity contribution in [1.82, 2.24) is 5.32 Å². The number of carbonyl (C=O) groups excluding carboxylic acids is 3. The van der Waals surface area contributed by atoms with Gasteiger partial charge in [-0.1, -0.05) is 57.5 Å². The predicted molar refractivity (Wildman–Crippen MR) is 155 cm³/mol. The number of ether oxygens (including phenoxy) is 2. The molecule has 210 valence electrons. The van der Waals surface area contributed by atoms with Crippen molar-refractivity contribution < 1.29 is 23.9 Å². The van der Waals surface area contributed by atoms with Gasteiger partial charge in [-0.15, -0.1) is 0 Å². The summed E-state index contributed by atoms with van der Waals surface area (Å²) in [5, 5.41) is 6.53. The molecule has 0 spiro atoms. The zero-order valence-corrected chi connectivity index (χ0v) is 24.3. The fourth-order valence-corrected chi connectivity index (χ4v) is 6.40. The predicted octanol–water partition coefficient (Wildman–Crippen LogP) is 6.34. The van der Waals surface area contributed by atoms with Gasteiger partial charge >= 0.3 is 0 Å². The van der Waals surface area contributed by atoms with Crippen molar-refractivity contribution >= 4 is 34.8 Å². The second-order valence-corrected chi connectivity index (χ2v) is 12.9. The first-order valence-corrected chi connectivity index (χ1v) is 13.9. The average molecular weight is 563 g/mol. The highest BCUT2D eigenvalue weighted by Gasteiger charge is 2.46. The van der Waals surface area contributed by atoms with Crippen LogP contribution in [0.25, 0.3) is 0 Å². The van der Waals surface area contributed by atoms with Gasteiger partial charge < -0.3 is 20.1 Å². The minimum Gasteiger partial charge on any atom is -0.493 e. The minimum absolute atomic E-state index is 0.0286. The summed E-state index contributed by atoms with van der Waals surface area (Å²) in [6.45, 7) is 8.08. The fraction of sp³-hybridized carbons (Fsp3) is 0.406. The maximum atomic E-state index is 13.6. The number of para-hydroxylation sites is 1. The molecule has 0 radical (unpaired) electrons.